The van der Waals surface area contributed by atoms with Crippen molar-refractivity contribution >= 4 is 5.82 Å². The predicted molar refractivity (Wildman–Crippen MR) is 72.0 cm³/mol. The van der Waals surface area contributed by atoms with Gasteiger partial charge in [0.05, 0.1) is 25.4 Å². The van der Waals surface area contributed by atoms with Crippen LogP contribution in [0, 0.1) is 11.3 Å². The van der Waals surface area contributed by atoms with E-state index in [-0.39, 0.29) is 6.61 Å². The first-order chi connectivity index (χ1) is 9.35. The molecule has 5 nitrogen and oxygen atoms in total. The molecule has 1 aliphatic rings. The highest BCUT2D eigenvalue weighted by Gasteiger charge is 2.14. The molecule has 0 bridgehead atoms. The molecule has 0 spiro atoms. The number of aryl methyl sites for hydroxylation is 2. The summed E-state index contributed by atoms with van der Waals surface area (Å²) < 4.78 is 5.17. The van der Waals surface area contributed by atoms with E-state index >= 15 is 0 Å². The molecule has 2 N–H and O–H groups in total. The number of hydrogen-bond acceptors (Lipinski definition) is 5. The van der Waals surface area contributed by atoms with Gasteiger partial charge in [0.15, 0.2) is 0 Å². The van der Waals surface area contributed by atoms with Crippen LogP contribution < -0.4 is 5.32 Å². The molecular weight excluding hydrogens is 242 g/mol. The highest BCUT2D eigenvalue weighted by atomic mass is 16.5. The number of nitrogens with zero attached hydrogens (tertiary/aromatic N) is 2. The van der Waals surface area contributed by atoms with E-state index in [9.17, 15) is 0 Å². The third-order valence-electron chi connectivity index (χ3n) is 3.20. The van der Waals surface area contributed by atoms with Gasteiger partial charge in [-0.25, -0.2) is 4.98 Å². The summed E-state index contributed by atoms with van der Waals surface area (Å²) in [4.78, 5) is 4.56. The lowest BCUT2D eigenvalue weighted by atomic mass is 9.95. The molecule has 0 atom stereocenters. The third-order valence-corrected chi connectivity index (χ3v) is 3.20. The van der Waals surface area contributed by atoms with Crippen molar-refractivity contribution in [3.05, 3.63) is 22.9 Å². The molecule has 0 unspecified atom stereocenters. The van der Waals surface area contributed by atoms with Gasteiger partial charge in [-0.3, -0.25) is 0 Å². The van der Waals surface area contributed by atoms with Gasteiger partial charge >= 0.3 is 0 Å². The van der Waals surface area contributed by atoms with Gasteiger partial charge < -0.3 is 15.2 Å². The van der Waals surface area contributed by atoms with Crippen molar-refractivity contribution in [1.82, 2.24) is 4.98 Å². The lowest BCUT2D eigenvalue weighted by molar-refractivity contribution is 0.0992. The molecule has 0 radical (unpaired) electrons. The third kappa shape index (κ3) is 3.66. The van der Waals surface area contributed by atoms with Gasteiger partial charge in [0.25, 0.3) is 0 Å². The van der Waals surface area contributed by atoms with Crippen LogP contribution in [0.1, 0.15) is 29.7 Å². The zero-order chi connectivity index (χ0) is 13.5. The van der Waals surface area contributed by atoms with E-state index in [1.165, 1.54) is 18.4 Å². The van der Waals surface area contributed by atoms with E-state index in [2.05, 4.69) is 16.4 Å². The summed E-state index contributed by atoms with van der Waals surface area (Å²) in [7, 11) is 0. The molecule has 1 aromatic heterocycles. The van der Waals surface area contributed by atoms with Gasteiger partial charge in [-0.05, 0) is 37.3 Å². The lowest BCUT2D eigenvalue weighted by Gasteiger charge is -2.17. The van der Waals surface area contributed by atoms with Crippen LogP contribution in [0.3, 0.4) is 0 Å². The Kier molecular flexibility index (Phi) is 5.13. The molecule has 0 aliphatic heterocycles. The van der Waals surface area contributed by atoms with Crippen molar-refractivity contribution in [3.63, 3.8) is 0 Å². The van der Waals surface area contributed by atoms with E-state index in [1.54, 1.807) is 0 Å². The number of aromatic nitrogens is 1. The van der Waals surface area contributed by atoms with Crippen molar-refractivity contribution in [2.45, 2.75) is 25.7 Å². The minimum Gasteiger partial charge on any atom is -0.394 e. The van der Waals surface area contributed by atoms with E-state index in [1.807, 2.05) is 6.07 Å². The minimum absolute atomic E-state index is 0.0283. The second-order valence-corrected chi connectivity index (χ2v) is 4.57. The minimum atomic E-state index is 0.0283. The molecule has 1 aromatic rings. The Morgan fingerprint density at radius 2 is 2.21 bits per heavy atom. The van der Waals surface area contributed by atoms with Crippen LogP contribution in [0.15, 0.2) is 6.07 Å². The summed E-state index contributed by atoms with van der Waals surface area (Å²) in [6.45, 7) is 1.44. The lowest BCUT2D eigenvalue weighted by Crippen LogP contribution is -2.15. The van der Waals surface area contributed by atoms with Gasteiger partial charge in [-0.2, -0.15) is 5.26 Å². The van der Waals surface area contributed by atoms with Gasteiger partial charge in [-0.1, -0.05) is 0 Å². The summed E-state index contributed by atoms with van der Waals surface area (Å²) in [5.74, 6) is 0.649. The van der Waals surface area contributed by atoms with Crippen molar-refractivity contribution in [2.24, 2.45) is 0 Å². The number of fused-ring (bicyclic) bond motifs is 1. The number of ether oxygens (including phenoxy) is 1. The number of rotatable bonds is 6. The summed E-state index contributed by atoms with van der Waals surface area (Å²) >= 11 is 0. The molecule has 0 amide bonds. The first-order valence-electron chi connectivity index (χ1n) is 6.70. The summed E-state index contributed by atoms with van der Waals surface area (Å²) in [5.41, 5.74) is 2.93. The fraction of sp³-hybridized carbons (Fsp3) is 0.571. The maximum atomic E-state index is 9.17. The van der Waals surface area contributed by atoms with Crippen molar-refractivity contribution in [3.8, 4) is 6.07 Å². The first-order valence-corrected chi connectivity index (χ1v) is 6.70. The number of nitrogens with one attached hydrogen (secondary N) is 1. The average Bonchev–Trinajstić information content (AvgIpc) is 2.46. The molecule has 0 fully saturated rings. The van der Waals surface area contributed by atoms with E-state index < -0.39 is 0 Å². The zero-order valence-electron chi connectivity index (χ0n) is 11.0. The first kappa shape index (κ1) is 13.8. The summed E-state index contributed by atoms with van der Waals surface area (Å²) in [6.07, 6.45) is 4.37. The molecule has 0 saturated carbocycles. The molecule has 0 saturated heterocycles. The SMILES string of the molecule is N#Cc1cc2c(nc1NCCOCCO)CCCC2. The van der Waals surface area contributed by atoms with Crippen LogP contribution in [0.5, 0.6) is 0 Å². The molecule has 1 aliphatic carbocycles. The topological polar surface area (TPSA) is 78.2 Å². The summed E-state index contributed by atoms with van der Waals surface area (Å²) in [5, 5.41) is 20.9. The van der Waals surface area contributed by atoms with Gasteiger partial charge in [0.2, 0.25) is 0 Å². The molecule has 19 heavy (non-hydrogen) atoms. The molecule has 1 heterocycles. The molecule has 102 valence electrons. The van der Waals surface area contributed by atoms with Crippen LogP contribution in [-0.2, 0) is 17.6 Å². The smallest absolute Gasteiger partial charge is 0.144 e. The van der Waals surface area contributed by atoms with Gasteiger partial charge in [-0.15, -0.1) is 0 Å². The zero-order valence-corrected chi connectivity index (χ0v) is 11.0. The maximum Gasteiger partial charge on any atom is 0.144 e. The largest absolute Gasteiger partial charge is 0.394 e. The number of aliphatic hydroxyl groups excluding tert-OH is 1. The Morgan fingerprint density at radius 3 is 3.00 bits per heavy atom. The normalized spacial score (nSPS) is 13.7. The Labute approximate surface area is 113 Å². The Balaban J connectivity index is 2.01. The predicted octanol–water partition coefficient (Wildman–Crippen LogP) is 1.25. The summed E-state index contributed by atoms with van der Waals surface area (Å²) in [6, 6.07) is 4.15. The van der Waals surface area contributed by atoms with Gasteiger partial charge in [0, 0.05) is 12.2 Å². The van der Waals surface area contributed by atoms with E-state index in [4.69, 9.17) is 15.1 Å². The fourth-order valence-electron chi connectivity index (χ4n) is 2.26. The van der Waals surface area contributed by atoms with E-state index in [0.29, 0.717) is 31.1 Å². The van der Waals surface area contributed by atoms with Crippen LogP contribution >= 0.6 is 0 Å². The highest BCUT2D eigenvalue weighted by Crippen LogP contribution is 2.24. The number of hydrogen-bond donors (Lipinski definition) is 2. The second-order valence-electron chi connectivity index (χ2n) is 4.57. The molecule has 0 aromatic carbocycles. The highest BCUT2D eigenvalue weighted by molar-refractivity contribution is 5.54. The number of aliphatic hydroxyl groups is 1. The monoisotopic (exact) mass is 261 g/mol. The standard InChI is InChI=1S/C14H19N3O2/c15-10-12-9-11-3-1-2-4-13(11)17-14(12)16-5-7-19-8-6-18/h9,18H,1-8H2,(H,16,17). The maximum absolute atomic E-state index is 9.17. The Hall–Kier alpha value is -1.64. The van der Waals surface area contributed by atoms with Crippen molar-refractivity contribution < 1.29 is 9.84 Å². The van der Waals surface area contributed by atoms with Crippen molar-refractivity contribution in [2.75, 3.05) is 31.7 Å². The number of pyridine rings is 1. The van der Waals surface area contributed by atoms with Crippen LogP contribution in [0.25, 0.3) is 0 Å². The van der Waals surface area contributed by atoms with Crippen LogP contribution in [0.2, 0.25) is 0 Å². The van der Waals surface area contributed by atoms with Crippen molar-refractivity contribution in [1.29, 1.82) is 5.26 Å². The average molecular weight is 261 g/mol. The van der Waals surface area contributed by atoms with E-state index in [0.717, 1.165) is 18.5 Å². The quantitative estimate of drug-likeness (QED) is 0.754. The van der Waals surface area contributed by atoms with Crippen LogP contribution in [-0.4, -0.2) is 36.5 Å². The number of nitriles is 1. The molecule has 2 rings (SSSR count). The Morgan fingerprint density at radius 1 is 1.37 bits per heavy atom. The molecule has 5 heteroatoms. The number of anilines is 1. The second kappa shape index (κ2) is 7.07. The fourth-order valence-corrected chi connectivity index (χ4v) is 2.26. The van der Waals surface area contributed by atoms with Crippen LogP contribution in [0.4, 0.5) is 5.82 Å². The molecular formula is C14H19N3O2. The Bertz CT molecular complexity index is 468. The van der Waals surface area contributed by atoms with Gasteiger partial charge in [0.1, 0.15) is 11.9 Å².